The van der Waals surface area contributed by atoms with E-state index in [9.17, 15) is 18.0 Å². The number of rotatable bonds is 6. The fraction of sp³-hybridized carbons (Fsp3) is 0.462. The van der Waals surface area contributed by atoms with Gasteiger partial charge in [-0.2, -0.15) is 13.2 Å². The summed E-state index contributed by atoms with van der Waals surface area (Å²) in [4.78, 5) is 10.7. The van der Waals surface area contributed by atoms with Crippen molar-refractivity contribution in [3.05, 3.63) is 29.8 Å². The Bertz CT molecular complexity index is 432. The molecule has 1 rings (SSSR count). The van der Waals surface area contributed by atoms with Crippen LogP contribution in [-0.4, -0.2) is 17.1 Å². The van der Waals surface area contributed by atoms with Gasteiger partial charge in [0.25, 0.3) is 0 Å². The van der Waals surface area contributed by atoms with Crippen molar-refractivity contribution in [3.63, 3.8) is 0 Å². The summed E-state index contributed by atoms with van der Waals surface area (Å²) in [6, 6.07) is 4.58. The molecule has 0 radical (unpaired) electrons. The van der Waals surface area contributed by atoms with Gasteiger partial charge in [-0.25, -0.2) is 0 Å². The van der Waals surface area contributed by atoms with Crippen molar-refractivity contribution < 1.29 is 23.1 Å². The summed E-state index contributed by atoms with van der Waals surface area (Å²) in [5.74, 6) is -1.03. The quantitative estimate of drug-likeness (QED) is 0.831. The predicted octanol–water partition coefficient (Wildman–Crippen LogP) is 3.76. The molecule has 0 spiro atoms. The first-order valence-corrected chi connectivity index (χ1v) is 5.99. The molecular weight excluding hydrogens is 259 g/mol. The largest absolute Gasteiger partial charge is 0.481 e. The molecule has 6 heteroatoms. The zero-order valence-electron chi connectivity index (χ0n) is 10.5. The van der Waals surface area contributed by atoms with Gasteiger partial charge in [0.2, 0.25) is 0 Å². The Morgan fingerprint density at radius 2 is 2.00 bits per heavy atom. The first-order valence-electron chi connectivity index (χ1n) is 5.99. The van der Waals surface area contributed by atoms with E-state index < -0.39 is 23.8 Å². The second kappa shape index (κ2) is 6.45. The highest BCUT2D eigenvalue weighted by molar-refractivity contribution is 5.68. The Hall–Kier alpha value is -1.72. The lowest BCUT2D eigenvalue weighted by molar-refractivity contribution is -0.137. The van der Waals surface area contributed by atoms with E-state index in [1.54, 1.807) is 0 Å². The van der Waals surface area contributed by atoms with Crippen LogP contribution in [0.3, 0.4) is 0 Å². The van der Waals surface area contributed by atoms with E-state index in [-0.39, 0.29) is 12.1 Å². The number of hydrogen-bond donors (Lipinski definition) is 2. The van der Waals surface area contributed by atoms with Crippen LogP contribution in [0, 0.1) is 0 Å². The average molecular weight is 275 g/mol. The van der Waals surface area contributed by atoms with Gasteiger partial charge >= 0.3 is 12.1 Å². The van der Waals surface area contributed by atoms with Crippen molar-refractivity contribution in [1.29, 1.82) is 0 Å². The SMILES string of the molecule is CCCC(CC(=O)O)Nc1ccccc1C(F)(F)F. The fourth-order valence-corrected chi connectivity index (χ4v) is 1.86. The topological polar surface area (TPSA) is 49.3 Å². The zero-order valence-corrected chi connectivity index (χ0v) is 10.5. The van der Waals surface area contributed by atoms with Crippen LogP contribution in [0.25, 0.3) is 0 Å². The summed E-state index contributed by atoms with van der Waals surface area (Å²) in [6.45, 7) is 1.85. The van der Waals surface area contributed by atoms with E-state index in [0.717, 1.165) is 6.07 Å². The third-order valence-corrected chi connectivity index (χ3v) is 2.65. The van der Waals surface area contributed by atoms with Gasteiger partial charge in [-0.1, -0.05) is 25.5 Å². The number of carboxylic acids is 1. The Kier molecular flexibility index (Phi) is 5.20. The number of carboxylic acid groups (broad SMARTS) is 1. The Balaban J connectivity index is 2.93. The number of carbonyl (C=O) groups is 1. The predicted molar refractivity (Wildman–Crippen MR) is 66.0 cm³/mol. The smallest absolute Gasteiger partial charge is 0.418 e. The maximum Gasteiger partial charge on any atom is 0.418 e. The number of alkyl halides is 3. The summed E-state index contributed by atoms with van der Waals surface area (Å²) in [6.07, 6.45) is -3.47. The monoisotopic (exact) mass is 275 g/mol. The van der Waals surface area contributed by atoms with E-state index in [2.05, 4.69) is 5.32 Å². The molecule has 0 aliphatic rings. The Labute approximate surface area is 109 Å². The van der Waals surface area contributed by atoms with Crippen molar-refractivity contribution in [2.24, 2.45) is 0 Å². The summed E-state index contributed by atoms with van der Waals surface area (Å²) in [5.41, 5.74) is -0.851. The molecule has 3 nitrogen and oxygen atoms in total. The number of para-hydroxylation sites is 1. The van der Waals surface area contributed by atoms with Crippen LogP contribution < -0.4 is 5.32 Å². The second-order valence-corrected chi connectivity index (χ2v) is 4.27. The normalized spacial score (nSPS) is 13.1. The maximum absolute atomic E-state index is 12.8. The number of aliphatic carboxylic acids is 1. The van der Waals surface area contributed by atoms with Crippen LogP contribution >= 0.6 is 0 Å². The highest BCUT2D eigenvalue weighted by atomic mass is 19.4. The van der Waals surface area contributed by atoms with Gasteiger partial charge in [-0.05, 0) is 18.6 Å². The van der Waals surface area contributed by atoms with E-state index >= 15 is 0 Å². The van der Waals surface area contributed by atoms with Gasteiger partial charge in [-0.15, -0.1) is 0 Å². The third-order valence-electron chi connectivity index (χ3n) is 2.65. The van der Waals surface area contributed by atoms with Crippen molar-refractivity contribution in [2.45, 2.75) is 38.4 Å². The molecular formula is C13H16F3NO2. The van der Waals surface area contributed by atoms with E-state index in [1.807, 2.05) is 6.92 Å². The summed E-state index contributed by atoms with van der Waals surface area (Å²) in [7, 11) is 0. The molecule has 0 saturated carbocycles. The van der Waals surface area contributed by atoms with Crippen LogP contribution in [0.2, 0.25) is 0 Å². The Morgan fingerprint density at radius 1 is 1.37 bits per heavy atom. The van der Waals surface area contributed by atoms with Crippen LogP contribution in [0.5, 0.6) is 0 Å². The standard InChI is InChI=1S/C13H16F3NO2/c1-2-5-9(8-12(18)19)17-11-7-4-3-6-10(11)13(14,15)16/h3-4,6-7,9,17H,2,5,8H2,1H3,(H,18,19). The maximum atomic E-state index is 12.8. The summed E-state index contributed by atoms with van der Waals surface area (Å²) in [5, 5.41) is 11.4. The lowest BCUT2D eigenvalue weighted by Gasteiger charge is -2.20. The van der Waals surface area contributed by atoms with Gasteiger partial charge in [-0.3, -0.25) is 4.79 Å². The molecule has 0 amide bonds. The lowest BCUT2D eigenvalue weighted by Crippen LogP contribution is -2.24. The summed E-state index contributed by atoms with van der Waals surface area (Å²) < 4.78 is 38.4. The molecule has 0 aliphatic heterocycles. The number of benzene rings is 1. The molecule has 0 fully saturated rings. The first-order chi connectivity index (χ1) is 8.84. The van der Waals surface area contributed by atoms with Crippen molar-refractivity contribution in [3.8, 4) is 0 Å². The minimum absolute atomic E-state index is 0.0744. The van der Waals surface area contributed by atoms with Crippen LogP contribution in [0.15, 0.2) is 24.3 Å². The molecule has 0 heterocycles. The van der Waals surface area contributed by atoms with Crippen LogP contribution in [0.1, 0.15) is 31.7 Å². The lowest BCUT2D eigenvalue weighted by atomic mass is 10.1. The first kappa shape index (κ1) is 15.3. The molecule has 19 heavy (non-hydrogen) atoms. The van der Waals surface area contributed by atoms with Crippen LogP contribution in [-0.2, 0) is 11.0 Å². The number of halogens is 3. The minimum atomic E-state index is -4.45. The number of hydrogen-bond acceptors (Lipinski definition) is 2. The molecule has 1 aromatic rings. The molecule has 2 N–H and O–H groups in total. The van der Waals surface area contributed by atoms with Crippen molar-refractivity contribution >= 4 is 11.7 Å². The highest BCUT2D eigenvalue weighted by Crippen LogP contribution is 2.35. The van der Waals surface area contributed by atoms with E-state index in [0.29, 0.717) is 12.8 Å². The minimum Gasteiger partial charge on any atom is -0.481 e. The van der Waals surface area contributed by atoms with Gasteiger partial charge in [0.15, 0.2) is 0 Å². The van der Waals surface area contributed by atoms with Gasteiger partial charge < -0.3 is 10.4 Å². The molecule has 1 aromatic carbocycles. The van der Waals surface area contributed by atoms with Gasteiger partial charge in [0.05, 0.1) is 12.0 Å². The van der Waals surface area contributed by atoms with E-state index in [1.165, 1.54) is 18.2 Å². The molecule has 0 aromatic heterocycles. The summed E-state index contributed by atoms with van der Waals surface area (Å²) >= 11 is 0. The van der Waals surface area contributed by atoms with Gasteiger partial charge in [0.1, 0.15) is 0 Å². The number of nitrogens with one attached hydrogen (secondary N) is 1. The Morgan fingerprint density at radius 3 is 2.53 bits per heavy atom. The van der Waals surface area contributed by atoms with Crippen LogP contribution in [0.4, 0.5) is 18.9 Å². The van der Waals surface area contributed by atoms with Crippen molar-refractivity contribution in [1.82, 2.24) is 0 Å². The molecule has 1 unspecified atom stereocenters. The average Bonchev–Trinajstić information content (AvgIpc) is 2.27. The molecule has 106 valence electrons. The molecule has 0 saturated heterocycles. The second-order valence-electron chi connectivity index (χ2n) is 4.27. The third kappa shape index (κ3) is 4.81. The molecule has 0 aliphatic carbocycles. The van der Waals surface area contributed by atoms with E-state index in [4.69, 9.17) is 5.11 Å². The molecule has 1 atom stereocenters. The van der Waals surface area contributed by atoms with Gasteiger partial charge in [0, 0.05) is 11.7 Å². The fourth-order valence-electron chi connectivity index (χ4n) is 1.86. The highest BCUT2D eigenvalue weighted by Gasteiger charge is 2.33. The molecule has 0 bridgehead atoms. The van der Waals surface area contributed by atoms with Crippen molar-refractivity contribution in [2.75, 3.05) is 5.32 Å². The number of anilines is 1. The zero-order chi connectivity index (χ0) is 14.5.